The summed E-state index contributed by atoms with van der Waals surface area (Å²) in [5.41, 5.74) is 2.02. The van der Waals surface area contributed by atoms with E-state index < -0.39 is 5.60 Å². The number of aryl methyl sites for hydroxylation is 2. The first kappa shape index (κ1) is 21.7. The highest BCUT2D eigenvalue weighted by molar-refractivity contribution is 5.68. The fourth-order valence-corrected chi connectivity index (χ4v) is 3.73. The first-order valence-corrected chi connectivity index (χ1v) is 10.5. The molecule has 0 spiro atoms. The van der Waals surface area contributed by atoms with Crippen molar-refractivity contribution in [3.8, 4) is 0 Å². The molecule has 0 aromatic carbocycles. The molecule has 2 N–H and O–H groups in total. The molecule has 1 amide bonds. The SMILES string of the molecule is Cc1[nH]ncc1CCCN[C@H](C)C[C@H]1CCCCCN1C(=O)OC(C)(C)C. The molecule has 1 aliphatic heterocycles. The van der Waals surface area contributed by atoms with Gasteiger partial charge in [0.2, 0.25) is 0 Å². The van der Waals surface area contributed by atoms with Crippen LogP contribution in [0.2, 0.25) is 0 Å². The molecule has 6 nitrogen and oxygen atoms in total. The third-order valence-corrected chi connectivity index (χ3v) is 5.18. The van der Waals surface area contributed by atoms with E-state index in [4.69, 9.17) is 4.74 Å². The fourth-order valence-electron chi connectivity index (χ4n) is 3.73. The average molecular weight is 379 g/mol. The number of nitrogens with zero attached hydrogens (tertiary/aromatic N) is 2. The van der Waals surface area contributed by atoms with E-state index in [-0.39, 0.29) is 12.1 Å². The molecule has 2 heterocycles. The quantitative estimate of drug-likeness (QED) is 0.698. The maximum absolute atomic E-state index is 12.7. The number of hydrogen-bond donors (Lipinski definition) is 2. The Morgan fingerprint density at radius 2 is 2.19 bits per heavy atom. The number of aromatic amines is 1. The maximum Gasteiger partial charge on any atom is 0.410 e. The highest BCUT2D eigenvalue weighted by Crippen LogP contribution is 2.23. The van der Waals surface area contributed by atoms with Crippen molar-refractivity contribution in [3.63, 3.8) is 0 Å². The monoisotopic (exact) mass is 378 g/mol. The second-order valence-corrected chi connectivity index (χ2v) is 8.89. The first-order valence-electron chi connectivity index (χ1n) is 10.5. The lowest BCUT2D eigenvalue weighted by molar-refractivity contribution is 0.0150. The Balaban J connectivity index is 1.80. The zero-order valence-electron chi connectivity index (χ0n) is 17.8. The van der Waals surface area contributed by atoms with Gasteiger partial charge in [0, 0.05) is 24.3 Å². The summed E-state index contributed by atoms with van der Waals surface area (Å²) in [6, 6.07) is 0.643. The molecule has 0 radical (unpaired) electrons. The Hall–Kier alpha value is -1.56. The highest BCUT2D eigenvalue weighted by Gasteiger charge is 2.30. The van der Waals surface area contributed by atoms with Gasteiger partial charge in [0.15, 0.2) is 0 Å². The second kappa shape index (κ2) is 10.1. The van der Waals surface area contributed by atoms with Crippen LogP contribution in [0.25, 0.3) is 0 Å². The topological polar surface area (TPSA) is 70.2 Å². The standard InChI is InChI=1S/C21H38N4O2/c1-16(22-12-9-10-18-15-23-24-17(18)2)14-19-11-7-6-8-13-25(19)20(26)27-21(3,4)5/h15-16,19,22H,6-14H2,1-5H3,(H,23,24)/t16-,19-/m1/s1. The largest absolute Gasteiger partial charge is 0.444 e. The molecule has 27 heavy (non-hydrogen) atoms. The van der Waals surface area contributed by atoms with E-state index in [1.54, 1.807) is 0 Å². The van der Waals surface area contributed by atoms with Gasteiger partial charge >= 0.3 is 6.09 Å². The molecule has 0 aliphatic carbocycles. The van der Waals surface area contributed by atoms with Crippen molar-refractivity contribution >= 4 is 6.09 Å². The summed E-state index contributed by atoms with van der Waals surface area (Å²) in [6.07, 6.45) is 9.39. The number of amides is 1. The zero-order chi connectivity index (χ0) is 19.9. The summed E-state index contributed by atoms with van der Waals surface area (Å²) >= 11 is 0. The highest BCUT2D eigenvalue weighted by atomic mass is 16.6. The Morgan fingerprint density at radius 3 is 2.85 bits per heavy atom. The molecule has 0 bridgehead atoms. The molecule has 1 aliphatic rings. The average Bonchev–Trinajstić information content (AvgIpc) is 2.83. The molecule has 1 aromatic heterocycles. The maximum atomic E-state index is 12.7. The number of likely N-dealkylation sites (tertiary alicyclic amines) is 1. The molecule has 6 heteroatoms. The molecule has 1 saturated heterocycles. The van der Waals surface area contributed by atoms with Gasteiger partial charge in [-0.2, -0.15) is 5.10 Å². The Kier molecular flexibility index (Phi) is 8.14. The summed E-state index contributed by atoms with van der Waals surface area (Å²) < 4.78 is 5.65. The minimum atomic E-state index is -0.441. The van der Waals surface area contributed by atoms with Crippen LogP contribution in [0, 0.1) is 6.92 Å². The van der Waals surface area contributed by atoms with Crippen LogP contribution in [0.5, 0.6) is 0 Å². The number of rotatable bonds is 7. The number of hydrogen-bond acceptors (Lipinski definition) is 4. The van der Waals surface area contributed by atoms with E-state index >= 15 is 0 Å². The Morgan fingerprint density at radius 1 is 1.41 bits per heavy atom. The van der Waals surface area contributed by atoms with Gasteiger partial charge in [-0.05, 0) is 78.8 Å². The van der Waals surface area contributed by atoms with E-state index in [0.717, 1.165) is 50.9 Å². The van der Waals surface area contributed by atoms with Crippen molar-refractivity contribution in [1.29, 1.82) is 0 Å². The van der Waals surface area contributed by atoms with Crippen LogP contribution in [-0.4, -0.2) is 52.0 Å². The van der Waals surface area contributed by atoms with Gasteiger partial charge < -0.3 is 15.0 Å². The number of nitrogens with one attached hydrogen (secondary N) is 2. The third-order valence-electron chi connectivity index (χ3n) is 5.18. The number of carbonyl (C=O) groups excluding carboxylic acids is 1. The van der Waals surface area contributed by atoms with Crippen molar-refractivity contribution in [3.05, 3.63) is 17.5 Å². The molecular formula is C21H38N4O2. The van der Waals surface area contributed by atoms with Gasteiger partial charge in [0.05, 0.1) is 6.20 Å². The van der Waals surface area contributed by atoms with E-state index in [1.165, 1.54) is 18.4 Å². The lowest BCUT2D eigenvalue weighted by Gasteiger charge is -2.33. The predicted octanol–water partition coefficient (Wildman–Crippen LogP) is 4.20. The van der Waals surface area contributed by atoms with Crippen molar-refractivity contribution in [2.75, 3.05) is 13.1 Å². The molecule has 0 saturated carbocycles. The summed E-state index contributed by atoms with van der Waals surface area (Å²) in [6.45, 7) is 11.9. The molecule has 2 atom stereocenters. The number of H-pyrrole nitrogens is 1. The molecule has 2 rings (SSSR count). The first-order chi connectivity index (χ1) is 12.8. The van der Waals surface area contributed by atoms with Crippen molar-refractivity contribution in [2.45, 2.75) is 97.2 Å². The van der Waals surface area contributed by atoms with Crippen LogP contribution in [0.4, 0.5) is 4.79 Å². The van der Waals surface area contributed by atoms with Crippen LogP contribution in [0.15, 0.2) is 6.20 Å². The number of carbonyl (C=O) groups is 1. The van der Waals surface area contributed by atoms with Gasteiger partial charge in [-0.1, -0.05) is 12.8 Å². The predicted molar refractivity (Wildman–Crippen MR) is 109 cm³/mol. The van der Waals surface area contributed by atoms with Crippen molar-refractivity contribution in [2.24, 2.45) is 0 Å². The molecule has 1 fully saturated rings. The van der Waals surface area contributed by atoms with Crippen molar-refractivity contribution < 1.29 is 9.53 Å². The Bertz CT molecular complexity index is 579. The summed E-state index contributed by atoms with van der Waals surface area (Å²) in [7, 11) is 0. The van der Waals surface area contributed by atoms with Crippen LogP contribution < -0.4 is 5.32 Å². The molecule has 1 aromatic rings. The van der Waals surface area contributed by atoms with E-state index in [0.29, 0.717) is 6.04 Å². The minimum absolute atomic E-state index is 0.156. The smallest absolute Gasteiger partial charge is 0.410 e. The van der Waals surface area contributed by atoms with E-state index in [2.05, 4.69) is 29.4 Å². The van der Waals surface area contributed by atoms with Gasteiger partial charge in [-0.15, -0.1) is 0 Å². The second-order valence-electron chi connectivity index (χ2n) is 8.89. The minimum Gasteiger partial charge on any atom is -0.444 e. The lowest BCUT2D eigenvalue weighted by Crippen LogP contribution is -2.45. The Labute approximate surface area is 164 Å². The van der Waals surface area contributed by atoms with Gasteiger partial charge in [-0.3, -0.25) is 5.10 Å². The van der Waals surface area contributed by atoms with Crippen molar-refractivity contribution in [1.82, 2.24) is 20.4 Å². The summed E-state index contributed by atoms with van der Waals surface area (Å²) in [5, 5.41) is 10.7. The zero-order valence-corrected chi connectivity index (χ0v) is 17.8. The number of ether oxygens (including phenoxy) is 1. The molecule has 0 unspecified atom stereocenters. The van der Waals surface area contributed by atoms with Gasteiger partial charge in [0.25, 0.3) is 0 Å². The van der Waals surface area contributed by atoms with Crippen LogP contribution >= 0.6 is 0 Å². The van der Waals surface area contributed by atoms with E-state index in [1.807, 2.05) is 31.9 Å². The van der Waals surface area contributed by atoms with Crippen LogP contribution in [0.1, 0.15) is 77.5 Å². The lowest BCUT2D eigenvalue weighted by atomic mass is 10.0. The fraction of sp³-hybridized carbons (Fsp3) is 0.810. The van der Waals surface area contributed by atoms with Crippen LogP contribution in [-0.2, 0) is 11.2 Å². The van der Waals surface area contributed by atoms with Gasteiger partial charge in [0.1, 0.15) is 5.60 Å². The van der Waals surface area contributed by atoms with Gasteiger partial charge in [-0.25, -0.2) is 4.79 Å². The molecular weight excluding hydrogens is 340 g/mol. The summed E-state index contributed by atoms with van der Waals surface area (Å²) in [5.74, 6) is 0. The number of aromatic nitrogens is 2. The van der Waals surface area contributed by atoms with E-state index in [9.17, 15) is 4.79 Å². The third kappa shape index (κ3) is 7.53. The summed E-state index contributed by atoms with van der Waals surface area (Å²) in [4.78, 5) is 14.6. The normalized spacial score (nSPS) is 19.6. The van der Waals surface area contributed by atoms with Crippen LogP contribution in [0.3, 0.4) is 0 Å². The molecule has 154 valence electrons.